The van der Waals surface area contributed by atoms with Gasteiger partial charge in [0.2, 0.25) is 0 Å². The third kappa shape index (κ3) is 1.71. The van der Waals surface area contributed by atoms with Gasteiger partial charge in [0.25, 0.3) is 0 Å². The molecule has 0 fully saturated rings. The molecule has 2 aromatic rings. The van der Waals surface area contributed by atoms with Gasteiger partial charge < -0.3 is 19.9 Å². The van der Waals surface area contributed by atoms with E-state index in [9.17, 15) is 0 Å². The Morgan fingerprint density at radius 2 is 1.65 bits per heavy atom. The third-order valence-corrected chi connectivity index (χ3v) is 2.71. The van der Waals surface area contributed by atoms with Gasteiger partial charge in [-0.15, -0.1) is 0 Å². The molecule has 4 heteroatoms. The molecule has 0 unspecified atom stereocenters. The van der Waals surface area contributed by atoms with Gasteiger partial charge in [-0.2, -0.15) is 0 Å². The van der Waals surface area contributed by atoms with Gasteiger partial charge in [-0.1, -0.05) is 12.1 Å². The second-order valence-electron chi connectivity index (χ2n) is 3.58. The predicted molar refractivity (Wildman–Crippen MR) is 68.0 cm³/mol. The van der Waals surface area contributed by atoms with E-state index in [1.54, 1.807) is 27.4 Å². The van der Waals surface area contributed by atoms with Crippen molar-refractivity contribution in [2.45, 2.75) is 0 Å². The highest BCUT2D eigenvalue weighted by molar-refractivity contribution is 6.01. The third-order valence-electron chi connectivity index (χ3n) is 2.71. The van der Waals surface area contributed by atoms with E-state index in [2.05, 4.69) is 0 Å². The van der Waals surface area contributed by atoms with E-state index in [-0.39, 0.29) is 0 Å². The fourth-order valence-electron chi connectivity index (χ4n) is 1.96. The van der Waals surface area contributed by atoms with Crippen molar-refractivity contribution in [2.75, 3.05) is 27.1 Å². The number of hydrogen-bond acceptors (Lipinski definition) is 4. The quantitative estimate of drug-likeness (QED) is 0.827. The first kappa shape index (κ1) is 11.4. The summed E-state index contributed by atoms with van der Waals surface area (Å²) in [6, 6.07) is 7.46. The smallest absolute Gasteiger partial charge is 0.153 e. The first-order valence-corrected chi connectivity index (χ1v) is 5.20. The number of hydrogen-bond donors (Lipinski definition) is 1. The van der Waals surface area contributed by atoms with Crippen LogP contribution in [0.4, 0.5) is 5.69 Å². The van der Waals surface area contributed by atoms with Gasteiger partial charge in [-0.25, -0.2) is 0 Å². The van der Waals surface area contributed by atoms with Crippen LogP contribution in [-0.2, 0) is 0 Å². The zero-order valence-electron chi connectivity index (χ0n) is 10.1. The molecule has 17 heavy (non-hydrogen) atoms. The van der Waals surface area contributed by atoms with E-state index < -0.39 is 0 Å². The topological polar surface area (TPSA) is 53.7 Å². The number of methoxy groups -OCH3 is 3. The van der Waals surface area contributed by atoms with Gasteiger partial charge in [0.05, 0.1) is 32.4 Å². The number of fused-ring (bicyclic) bond motifs is 1. The molecule has 2 N–H and O–H groups in total. The molecule has 4 nitrogen and oxygen atoms in total. The minimum absolute atomic E-state index is 0.529. The van der Waals surface area contributed by atoms with E-state index in [1.165, 1.54) is 0 Å². The van der Waals surface area contributed by atoms with Gasteiger partial charge in [0.1, 0.15) is 11.5 Å². The Kier molecular flexibility index (Phi) is 2.95. The van der Waals surface area contributed by atoms with Crippen LogP contribution in [0.1, 0.15) is 0 Å². The standard InChI is InChI=1S/C13H15NO3/c1-15-10-6-4-5-8-11(16-2)7-9(14)13(17-3)12(8)10/h4-7H,14H2,1-3H3. The molecule has 2 rings (SSSR count). The van der Waals surface area contributed by atoms with Crippen molar-refractivity contribution in [3.05, 3.63) is 24.3 Å². The average molecular weight is 233 g/mol. The second kappa shape index (κ2) is 4.41. The molecule has 0 heterocycles. The Hall–Kier alpha value is -2.10. The molecule has 0 spiro atoms. The van der Waals surface area contributed by atoms with E-state index in [0.29, 0.717) is 22.9 Å². The Morgan fingerprint density at radius 3 is 2.24 bits per heavy atom. The van der Waals surface area contributed by atoms with Crippen molar-refractivity contribution in [2.24, 2.45) is 0 Å². The lowest BCUT2D eigenvalue weighted by Gasteiger charge is -2.14. The van der Waals surface area contributed by atoms with E-state index >= 15 is 0 Å². The highest BCUT2D eigenvalue weighted by atomic mass is 16.5. The summed E-state index contributed by atoms with van der Waals surface area (Å²) in [5.74, 6) is 2.03. The average Bonchev–Trinajstić information content (AvgIpc) is 2.37. The minimum Gasteiger partial charge on any atom is -0.496 e. The molecule has 0 bridgehead atoms. The lowest BCUT2D eigenvalue weighted by molar-refractivity contribution is 0.402. The van der Waals surface area contributed by atoms with Crippen molar-refractivity contribution in [3.8, 4) is 17.2 Å². The van der Waals surface area contributed by atoms with Crippen LogP contribution in [-0.4, -0.2) is 21.3 Å². The number of anilines is 1. The maximum Gasteiger partial charge on any atom is 0.153 e. The highest BCUT2D eigenvalue weighted by Gasteiger charge is 2.15. The number of nitrogens with two attached hydrogens (primary N) is 1. The molecular formula is C13H15NO3. The van der Waals surface area contributed by atoms with E-state index in [0.717, 1.165) is 10.8 Å². The Bertz CT molecular complexity index is 552. The van der Waals surface area contributed by atoms with Gasteiger partial charge in [-0.3, -0.25) is 0 Å². The molecule has 0 aliphatic rings. The molecule has 0 radical (unpaired) electrons. The molecule has 0 aliphatic heterocycles. The molecule has 0 aliphatic carbocycles. The first-order chi connectivity index (χ1) is 8.22. The maximum absolute atomic E-state index is 5.94. The summed E-state index contributed by atoms with van der Waals surface area (Å²) in [5, 5.41) is 1.74. The van der Waals surface area contributed by atoms with Crippen LogP contribution in [0.2, 0.25) is 0 Å². The van der Waals surface area contributed by atoms with Gasteiger partial charge in [0, 0.05) is 11.5 Å². The normalized spacial score (nSPS) is 10.3. The number of benzene rings is 2. The lowest BCUT2D eigenvalue weighted by Crippen LogP contribution is -1.97. The fraction of sp³-hybridized carbons (Fsp3) is 0.231. The van der Waals surface area contributed by atoms with Crippen LogP contribution in [0.5, 0.6) is 17.2 Å². The summed E-state index contributed by atoms with van der Waals surface area (Å²) in [4.78, 5) is 0. The molecule has 90 valence electrons. The van der Waals surface area contributed by atoms with Crippen LogP contribution < -0.4 is 19.9 Å². The van der Waals surface area contributed by atoms with Gasteiger partial charge >= 0.3 is 0 Å². The lowest BCUT2D eigenvalue weighted by atomic mass is 10.1. The summed E-state index contributed by atoms with van der Waals surface area (Å²) in [6.07, 6.45) is 0. The molecule has 2 aromatic carbocycles. The first-order valence-electron chi connectivity index (χ1n) is 5.20. The summed E-state index contributed by atoms with van der Waals surface area (Å²) >= 11 is 0. The monoisotopic (exact) mass is 233 g/mol. The van der Waals surface area contributed by atoms with Gasteiger partial charge in [0.15, 0.2) is 5.75 Å². The molecular weight excluding hydrogens is 218 g/mol. The number of nitrogen functional groups attached to an aromatic ring is 1. The van der Waals surface area contributed by atoms with Crippen LogP contribution >= 0.6 is 0 Å². The van der Waals surface area contributed by atoms with E-state index in [1.807, 2.05) is 18.2 Å². The predicted octanol–water partition coefficient (Wildman–Crippen LogP) is 2.45. The maximum atomic E-state index is 5.94. The van der Waals surface area contributed by atoms with Gasteiger partial charge in [-0.05, 0) is 6.07 Å². The zero-order valence-corrected chi connectivity index (χ0v) is 10.1. The Labute approximate surface area is 99.9 Å². The SMILES string of the molecule is COc1cc(N)c(OC)c2c(OC)cccc12. The molecule has 0 atom stereocenters. The van der Waals surface area contributed by atoms with Crippen molar-refractivity contribution < 1.29 is 14.2 Å². The van der Waals surface area contributed by atoms with Crippen LogP contribution in [0.3, 0.4) is 0 Å². The van der Waals surface area contributed by atoms with Crippen molar-refractivity contribution in [1.29, 1.82) is 0 Å². The molecule has 0 saturated heterocycles. The van der Waals surface area contributed by atoms with Crippen molar-refractivity contribution in [1.82, 2.24) is 0 Å². The zero-order chi connectivity index (χ0) is 12.4. The highest BCUT2D eigenvalue weighted by Crippen LogP contribution is 2.42. The van der Waals surface area contributed by atoms with Crippen molar-refractivity contribution in [3.63, 3.8) is 0 Å². The summed E-state index contributed by atoms with van der Waals surface area (Å²) in [7, 11) is 4.81. The summed E-state index contributed by atoms with van der Waals surface area (Å²) in [5.41, 5.74) is 6.47. The largest absolute Gasteiger partial charge is 0.496 e. The van der Waals surface area contributed by atoms with Crippen LogP contribution in [0.25, 0.3) is 10.8 Å². The Morgan fingerprint density at radius 1 is 0.941 bits per heavy atom. The molecule has 0 amide bonds. The summed E-state index contributed by atoms with van der Waals surface area (Å²) in [6.45, 7) is 0. The molecule has 0 saturated carbocycles. The Balaban J connectivity index is 2.92. The fourth-order valence-corrected chi connectivity index (χ4v) is 1.96. The van der Waals surface area contributed by atoms with E-state index in [4.69, 9.17) is 19.9 Å². The second-order valence-corrected chi connectivity index (χ2v) is 3.58. The van der Waals surface area contributed by atoms with Crippen molar-refractivity contribution >= 4 is 16.5 Å². The summed E-state index contributed by atoms with van der Waals surface area (Å²) < 4.78 is 16.0. The number of ether oxygens (including phenoxy) is 3. The number of rotatable bonds is 3. The molecule has 0 aromatic heterocycles. The van der Waals surface area contributed by atoms with Crippen LogP contribution in [0.15, 0.2) is 24.3 Å². The minimum atomic E-state index is 0.529. The van der Waals surface area contributed by atoms with Crippen LogP contribution in [0, 0.1) is 0 Å².